The van der Waals surface area contributed by atoms with Crippen LogP contribution in [0, 0.1) is 11.7 Å². The van der Waals surface area contributed by atoms with Gasteiger partial charge in [0.15, 0.2) is 0 Å². The van der Waals surface area contributed by atoms with Gasteiger partial charge in [0.25, 0.3) is 0 Å². The number of allylic oxidation sites excluding steroid dienone is 2. The van der Waals surface area contributed by atoms with Crippen LogP contribution in [0.3, 0.4) is 0 Å². The Kier molecular flexibility index (Phi) is 18.1. The van der Waals surface area contributed by atoms with Crippen LogP contribution in [0.5, 0.6) is 0 Å². The smallest absolute Gasteiger partial charge is 0.123 e. The fraction of sp³-hybridized carbons (Fsp3) is 0.333. The van der Waals surface area contributed by atoms with E-state index in [-0.39, 0.29) is 5.82 Å². The Balaban J connectivity index is 0.00000190. The topological polar surface area (TPSA) is 15.3 Å². The Morgan fingerprint density at radius 3 is 1.61 bits per heavy atom. The van der Waals surface area contributed by atoms with Crippen molar-refractivity contribution in [2.75, 3.05) is 11.9 Å². The van der Waals surface area contributed by atoms with Gasteiger partial charge in [-0.2, -0.15) is 0 Å². The fourth-order valence-electron chi connectivity index (χ4n) is 3.28. The summed E-state index contributed by atoms with van der Waals surface area (Å²) in [6.45, 7) is 16.4. The van der Waals surface area contributed by atoms with Crippen LogP contribution in [-0.2, 0) is 0 Å². The van der Waals surface area contributed by atoms with E-state index in [2.05, 4.69) is 84.7 Å². The van der Waals surface area contributed by atoms with E-state index in [1.54, 1.807) is 12.1 Å². The molecule has 3 aromatic rings. The van der Waals surface area contributed by atoms with Crippen molar-refractivity contribution < 1.29 is 4.39 Å². The van der Waals surface area contributed by atoms with Crippen molar-refractivity contribution in [1.82, 2.24) is 5.32 Å². The highest BCUT2D eigenvalue weighted by Gasteiger charge is 2.15. The minimum atomic E-state index is -0.236. The summed E-state index contributed by atoms with van der Waals surface area (Å²) in [5, 5.41) is 3.29. The number of hydrogen-bond acceptors (Lipinski definition) is 2. The molecule has 0 saturated carbocycles. The second-order valence-corrected chi connectivity index (χ2v) is 7.30. The Labute approximate surface area is 220 Å². The van der Waals surface area contributed by atoms with E-state index in [1.807, 2.05) is 60.7 Å². The van der Waals surface area contributed by atoms with Crippen LogP contribution in [0.15, 0.2) is 103 Å². The Morgan fingerprint density at radius 1 is 0.778 bits per heavy atom. The first-order valence-electron chi connectivity index (χ1n) is 13.4. The van der Waals surface area contributed by atoms with E-state index in [4.69, 9.17) is 0 Å². The minimum Gasteiger partial charge on any atom is -0.388 e. The van der Waals surface area contributed by atoms with Gasteiger partial charge in [0, 0.05) is 29.8 Å². The molecule has 0 spiro atoms. The van der Waals surface area contributed by atoms with Gasteiger partial charge >= 0.3 is 0 Å². The molecule has 0 bridgehead atoms. The number of para-hydroxylation sites is 2. The lowest BCUT2D eigenvalue weighted by molar-refractivity contribution is 0.627. The van der Waals surface area contributed by atoms with Crippen molar-refractivity contribution in [2.45, 2.75) is 61.8 Å². The summed E-state index contributed by atoms with van der Waals surface area (Å²) in [6, 6.07) is 27.3. The summed E-state index contributed by atoms with van der Waals surface area (Å²) in [4.78, 5) is 2.26. The van der Waals surface area contributed by atoms with Gasteiger partial charge in [-0.25, -0.2) is 4.39 Å². The molecule has 0 saturated heterocycles. The predicted molar refractivity (Wildman–Crippen MR) is 160 cm³/mol. The van der Waals surface area contributed by atoms with Gasteiger partial charge in [0.1, 0.15) is 5.82 Å². The van der Waals surface area contributed by atoms with Gasteiger partial charge in [-0.05, 0) is 54.0 Å². The minimum absolute atomic E-state index is 0.236. The molecule has 3 heteroatoms. The molecule has 0 heterocycles. The monoisotopic (exact) mass is 490 g/mol. The van der Waals surface area contributed by atoms with Gasteiger partial charge in [-0.3, -0.25) is 0 Å². The highest BCUT2D eigenvalue weighted by molar-refractivity contribution is 5.74. The van der Waals surface area contributed by atoms with E-state index in [1.165, 1.54) is 12.1 Å². The number of nitrogens with one attached hydrogen (secondary N) is 1. The van der Waals surface area contributed by atoms with Crippen molar-refractivity contribution in [3.63, 3.8) is 0 Å². The van der Waals surface area contributed by atoms with Crippen LogP contribution in [0.2, 0.25) is 0 Å². The molecule has 0 fully saturated rings. The summed E-state index contributed by atoms with van der Waals surface area (Å²) < 4.78 is 13.4. The van der Waals surface area contributed by atoms with Gasteiger partial charge in [0.2, 0.25) is 0 Å². The Hall–Kier alpha value is -3.33. The number of halogens is 1. The van der Waals surface area contributed by atoms with Crippen LogP contribution in [0.4, 0.5) is 15.8 Å². The quantitative estimate of drug-likeness (QED) is 0.316. The third-order valence-electron chi connectivity index (χ3n) is 5.10. The lowest BCUT2D eigenvalue weighted by atomic mass is 10.0. The molecule has 0 radical (unpaired) electrons. The van der Waals surface area contributed by atoms with Crippen LogP contribution in [0.25, 0.3) is 5.70 Å². The highest BCUT2D eigenvalue weighted by Crippen LogP contribution is 2.32. The maximum atomic E-state index is 13.4. The van der Waals surface area contributed by atoms with E-state index in [0.29, 0.717) is 5.92 Å². The second kappa shape index (κ2) is 19.9. The van der Waals surface area contributed by atoms with Gasteiger partial charge in [-0.1, -0.05) is 116 Å². The molecule has 2 nitrogen and oxygen atoms in total. The molecule has 1 atom stereocenters. The average Bonchev–Trinajstić information content (AvgIpc) is 2.96. The number of nitrogens with zero attached hydrogens (tertiary/aromatic N) is 1. The predicted octanol–water partition coefficient (Wildman–Crippen LogP) is 10.2. The number of rotatable bonds is 8. The number of benzene rings is 3. The Bertz CT molecular complexity index is 938. The molecule has 3 rings (SSSR count). The molecule has 3 aromatic carbocycles. The summed E-state index contributed by atoms with van der Waals surface area (Å²) >= 11 is 0. The zero-order chi connectivity index (χ0) is 27.3. The molecule has 196 valence electrons. The summed E-state index contributed by atoms with van der Waals surface area (Å²) in [5.41, 5.74) is 5.11. The SMILES string of the molecule is CC.CC.CC.CCC(C)/C=C(\C=C(/NC)c1ccc(F)cc1)N(c1ccccc1)c1ccccc1. The van der Waals surface area contributed by atoms with Crippen molar-refractivity contribution in [2.24, 2.45) is 5.92 Å². The molecule has 0 aliphatic carbocycles. The molecule has 0 amide bonds. The molecule has 1 N–H and O–H groups in total. The first-order valence-corrected chi connectivity index (χ1v) is 13.4. The third-order valence-corrected chi connectivity index (χ3v) is 5.10. The maximum absolute atomic E-state index is 13.4. The van der Waals surface area contributed by atoms with Crippen LogP contribution < -0.4 is 10.2 Å². The molecule has 0 aromatic heterocycles. The van der Waals surface area contributed by atoms with Crippen molar-refractivity contribution in [3.8, 4) is 0 Å². The van der Waals surface area contributed by atoms with Gasteiger partial charge in [-0.15, -0.1) is 0 Å². The van der Waals surface area contributed by atoms with Gasteiger partial charge < -0.3 is 10.2 Å². The number of anilines is 2. The van der Waals surface area contributed by atoms with E-state index >= 15 is 0 Å². The summed E-state index contributed by atoms with van der Waals surface area (Å²) in [6.07, 6.45) is 5.47. The normalized spacial score (nSPS) is 11.4. The second-order valence-electron chi connectivity index (χ2n) is 7.30. The van der Waals surface area contributed by atoms with Crippen molar-refractivity contribution in [1.29, 1.82) is 0 Å². The maximum Gasteiger partial charge on any atom is 0.123 e. The molecular weight excluding hydrogens is 443 g/mol. The Morgan fingerprint density at radius 2 is 1.22 bits per heavy atom. The number of hydrogen-bond donors (Lipinski definition) is 1. The van der Waals surface area contributed by atoms with E-state index in [0.717, 1.165) is 34.8 Å². The lowest BCUT2D eigenvalue weighted by Crippen LogP contribution is -2.18. The van der Waals surface area contributed by atoms with Gasteiger partial charge in [0.05, 0.1) is 0 Å². The van der Waals surface area contributed by atoms with Crippen molar-refractivity contribution in [3.05, 3.63) is 114 Å². The highest BCUT2D eigenvalue weighted by atomic mass is 19.1. The third kappa shape index (κ3) is 10.5. The lowest BCUT2D eigenvalue weighted by Gasteiger charge is -2.28. The summed E-state index contributed by atoms with van der Waals surface area (Å²) in [7, 11) is 1.89. The van der Waals surface area contributed by atoms with E-state index in [9.17, 15) is 4.39 Å². The zero-order valence-electron chi connectivity index (χ0n) is 23.8. The molecule has 0 aliphatic rings. The van der Waals surface area contributed by atoms with Crippen LogP contribution >= 0.6 is 0 Å². The van der Waals surface area contributed by atoms with Crippen molar-refractivity contribution >= 4 is 17.1 Å². The first kappa shape index (κ1) is 32.7. The molecule has 0 aliphatic heterocycles. The summed E-state index contributed by atoms with van der Waals surface area (Å²) in [5.74, 6) is 0.164. The zero-order valence-corrected chi connectivity index (χ0v) is 23.8. The molecule has 36 heavy (non-hydrogen) atoms. The van der Waals surface area contributed by atoms with E-state index < -0.39 is 0 Å². The standard InChI is InChI=1S/C27H29FN2.3C2H6/c1-4-21(2)19-26(20-27(29-3)22-15-17-23(28)18-16-22)30(24-11-7-5-8-12-24)25-13-9-6-10-14-25;3*1-2/h5-21,29H,4H2,1-3H3;3*1-2H3/b26-19+,27-20-;;;. The largest absolute Gasteiger partial charge is 0.388 e. The molecule has 1 unspecified atom stereocenters. The van der Waals surface area contributed by atoms with Crippen LogP contribution in [-0.4, -0.2) is 7.05 Å². The van der Waals surface area contributed by atoms with Crippen LogP contribution in [0.1, 0.15) is 67.4 Å². The first-order chi connectivity index (χ1) is 17.6. The fourth-order valence-corrected chi connectivity index (χ4v) is 3.28. The average molecular weight is 491 g/mol. The molecular formula is C33H47FN2.